The lowest BCUT2D eigenvalue weighted by Gasteiger charge is -2.29. The third-order valence-corrected chi connectivity index (χ3v) is 3.05. The maximum Gasteiger partial charge on any atom is 0.410 e. The van der Waals surface area contributed by atoms with E-state index < -0.39 is 17.5 Å². The van der Waals surface area contributed by atoms with E-state index in [1.807, 2.05) is 20.8 Å². The van der Waals surface area contributed by atoms with Gasteiger partial charge in [-0.1, -0.05) is 6.92 Å². The Kier molecular flexibility index (Phi) is 4.59. The van der Waals surface area contributed by atoms with Gasteiger partial charge < -0.3 is 14.7 Å². The number of carbonyl (C=O) groups is 2. The minimum absolute atomic E-state index is 0.00838. The lowest BCUT2D eigenvalue weighted by Crippen LogP contribution is -2.40. The van der Waals surface area contributed by atoms with Gasteiger partial charge in [0.05, 0.1) is 5.92 Å². The van der Waals surface area contributed by atoms with E-state index in [1.165, 1.54) is 0 Å². The predicted octanol–water partition coefficient (Wildman–Crippen LogP) is 2.50. The van der Waals surface area contributed by atoms with Gasteiger partial charge in [0, 0.05) is 12.6 Å². The van der Waals surface area contributed by atoms with Crippen LogP contribution in [0, 0.1) is 5.92 Å². The summed E-state index contributed by atoms with van der Waals surface area (Å²) in [5.74, 6) is -1.25. The second-order valence-corrected chi connectivity index (χ2v) is 5.94. The topological polar surface area (TPSA) is 66.8 Å². The van der Waals surface area contributed by atoms with Crippen molar-refractivity contribution >= 4 is 12.1 Å². The number of ether oxygens (including phenoxy) is 1. The zero-order valence-corrected chi connectivity index (χ0v) is 11.6. The molecular weight excluding hydrogens is 234 g/mol. The maximum absolute atomic E-state index is 12.0. The van der Waals surface area contributed by atoms with Crippen molar-refractivity contribution in [1.82, 2.24) is 4.90 Å². The zero-order valence-electron chi connectivity index (χ0n) is 11.6. The number of carboxylic acid groups (broad SMARTS) is 1. The van der Waals surface area contributed by atoms with Gasteiger partial charge in [-0.3, -0.25) is 4.79 Å². The minimum Gasteiger partial charge on any atom is -0.481 e. The molecule has 0 aliphatic carbocycles. The van der Waals surface area contributed by atoms with Crippen molar-refractivity contribution in [2.45, 2.75) is 58.6 Å². The summed E-state index contributed by atoms with van der Waals surface area (Å²) in [4.78, 5) is 24.5. The number of carbonyl (C=O) groups excluding carboxylic acids is 1. The highest BCUT2D eigenvalue weighted by molar-refractivity contribution is 5.71. The Morgan fingerprint density at radius 3 is 2.56 bits per heavy atom. The molecule has 1 aliphatic rings. The van der Waals surface area contributed by atoms with Crippen LogP contribution in [-0.4, -0.2) is 40.3 Å². The fourth-order valence-corrected chi connectivity index (χ4v) is 2.15. The van der Waals surface area contributed by atoms with Gasteiger partial charge in [-0.05, 0) is 40.0 Å². The van der Waals surface area contributed by atoms with Crippen LogP contribution < -0.4 is 0 Å². The molecule has 1 amide bonds. The largest absolute Gasteiger partial charge is 0.481 e. The molecule has 5 nitrogen and oxygen atoms in total. The number of nitrogens with zero attached hydrogens (tertiary/aromatic N) is 1. The summed E-state index contributed by atoms with van der Waals surface area (Å²) in [6, 6.07) is -0.00838. The average Bonchev–Trinajstić information content (AvgIpc) is 2.62. The van der Waals surface area contributed by atoms with Gasteiger partial charge in [0.1, 0.15) is 5.60 Å². The van der Waals surface area contributed by atoms with E-state index in [4.69, 9.17) is 9.84 Å². The van der Waals surface area contributed by atoms with Crippen molar-refractivity contribution in [3.05, 3.63) is 0 Å². The molecule has 104 valence electrons. The lowest BCUT2D eigenvalue weighted by molar-refractivity contribution is -0.141. The highest BCUT2D eigenvalue weighted by Crippen LogP contribution is 2.25. The van der Waals surface area contributed by atoms with Crippen LogP contribution in [0.2, 0.25) is 0 Å². The summed E-state index contributed by atoms with van der Waals surface area (Å²) in [6.45, 7) is 7.82. The summed E-state index contributed by atoms with van der Waals surface area (Å²) < 4.78 is 5.33. The monoisotopic (exact) mass is 257 g/mol. The highest BCUT2D eigenvalue weighted by atomic mass is 16.6. The molecule has 0 saturated carbocycles. The van der Waals surface area contributed by atoms with Crippen molar-refractivity contribution in [1.29, 1.82) is 0 Å². The molecule has 2 atom stereocenters. The normalized spacial score (nSPS) is 21.8. The Morgan fingerprint density at radius 2 is 2.06 bits per heavy atom. The van der Waals surface area contributed by atoms with Crippen LogP contribution in [0.1, 0.15) is 47.0 Å². The van der Waals surface area contributed by atoms with Crippen LogP contribution in [-0.2, 0) is 9.53 Å². The van der Waals surface area contributed by atoms with Gasteiger partial charge in [0.15, 0.2) is 0 Å². The molecule has 1 rings (SSSR count). The van der Waals surface area contributed by atoms with E-state index in [0.717, 1.165) is 12.8 Å². The van der Waals surface area contributed by atoms with Crippen molar-refractivity contribution in [3.63, 3.8) is 0 Å². The summed E-state index contributed by atoms with van der Waals surface area (Å²) in [7, 11) is 0. The second-order valence-electron chi connectivity index (χ2n) is 5.94. The molecule has 0 radical (unpaired) electrons. The van der Waals surface area contributed by atoms with Gasteiger partial charge >= 0.3 is 12.1 Å². The number of amides is 1. The van der Waals surface area contributed by atoms with Crippen molar-refractivity contribution in [2.75, 3.05) is 6.54 Å². The van der Waals surface area contributed by atoms with E-state index >= 15 is 0 Å². The van der Waals surface area contributed by atoms with Gasteiger partial charge in [0.2, 0.25) is 0 Å². The lowest BCUT2D eigenvalue weighted by atomic mass is 10.0. The summed E-state index contributed by atoms with van der Waals surface area (Å²) >= 11 is 0. The first-order valence-corrected chi connectivity index (χ1v) is 6.43. The Bertz CT molecular complexity index is 321. The van der Waals surface area contributed by atoms with E-state index in [1.54, 1.807) is 11.8 Å². The molecule has 1 aliphatic heterocycles. The average molecular weight is 257 g/mol. The molecule has 0 bridgehead atoms. The fourth-order valence-electron chi connectivity index (χ4n) is 2.15. The van der Waals surface area contributed by atoms with Crippen LogP contribution >= 0.6 is 0 Å². The van der Waals surface area contributed by atoms with Gasteiger partial charge in [-0.25, -0.2) is 4.79 Å². The maximum atomic E-state index is 12.0. The quantitative estimate of drug-likeness (QED) is 0.843. The number of likely N-dealkylation sites (tertiary alicyclic amines) is 1. The fraction of sp³-hybridized carbons (Fsp3) is 0.846. The molecule has 18 heavy (non-hydrogen) atoms. The standard InChI is InChI=1S/C13H23NO4/c1-9(11(15)16)8-10-6-5-7-14(10)12(17)18-13(2,3)4/h9-10H,5-8H2,1-4H3,(H,15,16)/t9-,10-/m0/s1. The van der Waals surface area contributed by atoms with Crippen LogP contribution in [0.5, 0.6) is 0 Å². The zero-order chi connectivity index (χ0) is 13.9. The third-order valence-electron chi connectivity index (χ3n) is 3.05. The number of hydrogen-bond donors (Lipinski definition) is 1. The Labute approximate surface area is 108 Å². The molecule has 0 spiro atoms. The van der Waals surface area contributed by atoms with Crippen molar-refractivity contribution in [3.8, 4) is 0 Å². The van der Waals surface area contributed by atoms with Gasteiger partial charge in [-0.15, -0.1) is 0 Å². The van der Waals surface area contributed by atoms with Crippen molar-refractivity contribution < 1.29 is 19.4 Å². The highest BCUT2D eigenvalue weighted by Gasteiger charge is 2.33. The Hall–Kier alpha value is -1.26. The van der Waals surface area contributed by atoms with E-state index in [2.05, 4.69) is 0 Å². The number of rotatable bonds is 3. The van der Waals surface area contributed by atoms with Gasteiger partial charge in [-0.2, -0.15) is 0 Å². The predicted molar refractivity (Wildman–Crippen MR) is 67.4 cm³/mol. The minimum atomic E-state index is -0.814. The molecule has 1 heterocycles. The molecule has 5 heteroatoms. The van der Waals surface area contributed by atoms with Crippen LogP contribution in [0.15, 0.2) is 0 Å². The Balaban J connectivity index is 2.59. The third kappa shape index (κ3) is 4.20. The van der Waals surface area contributed by atoms with Crippen LogP contribution in [0.3, 0.4) is 0 Å². The summed E-state index contributed by atoms with van der Waals surface area (Å²) in [6.07, 6.45) is 1.93. The molecule has 1 saturated heterocycles. The first kappa shape index (κ1) is 14.8. The second kappa shape index (κ2) is 5.59. The first-order chi connectivity index (χ1) is 8.20. The molecule has 0 aromatic carbocycles. The molecule has 0 aromatic rings. The number of hydrogen-bond acceptors (Lipinski definition) is 3. The summed E-state index contributed by atoms with van der Waals surface area (Å²) in [5.41, 5.74) is -0.511. The van der Waals surface area contributed by atoms with E-state index in [0.29, 0.717) is 13.0 Å². The molecular formula is C13H23NO4. The summed E-state index contributed by atoms with van der Waals surface area (Å²) in [5, 5.41) is 8.92. The van der Waals surface area contributed by atoms with Crippen LogP contribution in [0.25, 0.3) is 0 Å². The molecule has 1 N–H and O–H groups in total. The molecule has 1 fully saturated rings. The smallest absolute Gasteiger partial charge is 0.410 e. The Morgan fingerprint density at radius 1 is 1.44 bits per heavy atom. The molecule has 0 unspecified atom stereocenters. The first-order valence-electron chi connectivity index (χ1n) is 6.43. The molecule has 0 aromatic heterocycles. The van der Waals surface area contributed by atoms with Crippen LogP contribution in [0.4, 0.5) is 4.79 Å². The van der Waals surface area contributed by atoms with Crippen molar-refractivity contribution in [2.24, 2.45) is 5.92 Å². The number of aliphatic carboxylic acids is 1. The number of carboxylic acids is 1. The van der Waals surface area contributed by atoms with Gasteiger partial charge in [0.25, 0.3) is 0 Å². The van der Waals surface area contributed by atoms with E-state index in [9.17, 15) is 9.59 Å². The van der Waals surface area contributed by atoms with E-state index in [-0.39, 0.29) is 12.1 Å². The SMILES string of the molecule is C[C@@H](C[C@@H]1CCCN1C(=O)OC(C)(C)C)C(=O)O.